The van der Waals surface area contributed by atoms with Crippen LogP contribution in [0.3, 0.4) is 0 Å². The lowest BCUT2D eigenvalue weighted by molar-refractivity contribution is 0.600. The predicted octanol–water partition coefficient (Wildman–Crippen LogP) is 3.86. The van der Waals surface area contributed by atoms with Gasteiger partial charge in [-0.3, -0.25) is 0 Å². The zero-order valence-electron chi connectivity index (χ0n) is 8.88. The molecule has 0 radical (unpaired) electrons. The fourth-order valence-corrected chi connectivity index (χ4v) is 3.54. The molecule has 2 rings (SSSR count). The van der Waals surface area contributed by atoms with Crippen LogP contribution in [0.5, 0.6) is 0 Å². The summed E-state index contributed by atoms with van der Waals surface area (Å²) in [4.78, 5) is 0. The molecule has 0 unspecified atom stereocenters. The minimum atomic E-state index is -3.68. The number of hydrogen-bond donors (Lipinski definition) is 0. The van der Waals surface area contributed by atoms with E-state index >= 15 is 0 Å². The lowest BCUT2D eigenvalue weighted by Crippen LogP contribution is -1.95. The van der Waals surface area contributed by atoms with Gasteiger partial charge in [-0.15, -0.1) is 11.3 Å². The third-order valence-electron chi connectivity index (χ3n) is 2.07. The highest BCUT2D eigenvalue weighted by Gasteiger charge is 2.13. The molecule has 0 N–H and O–H groups in total. The zero-order valence-corrected chi connectivity index (χ0v) is 12.0. The van der Waals surface area contributed by atoms with Gasteiger partial charge in [0, 0.05) is 5.56 Å². The van der Waals surface area contributed by atoms with Gasteiger partial charge >= 0.3 is 0 Å². The van der Waals surface area contributed by atoms with Crippen molar-refractivity contribution in [2.24, 2.45) is 4.40 Å². The summed E-state index contributed by atoms with van der Waals surface area (Å²) in [5.74, 6) is 0. The van der Waals surface area contributed by atoms with Gasteiger partial charge in [-0.1, -0.05) is 35.3 Å². The maximum Gasteiger partial charge on any atom is 0.291 e. The van der Waals surface area contributed by atoms with Gasteiger partial charge in [-0.2, -0.15) is 12.8 Å². The highest BCUT2D eigenvalue weighted by molar-refractivity contribution is 7.92. The molecular formula is C11H7Cl2NO2S2. The predicted molar refractivity (Wildman–Crippen MR) is 75.6 cm³/mol. The fourth-order valence-electron chi connectivity index (χ4n) is 1.22. The van der Waals surface area contributed by atoms with E-state index in [0.717, 1.165) is 11.3 Å². The Kier molecular flexibility index (Phi) is 4.07. The lowest BCUT2D eigenvalue weighted by Gasteiger charge is -2.00. The Bertz CT molecular complexity index is 659. The van der Waals surface area contributed by atoms with E-state index in [4.69, 9.17) is 23.2 Å². The summed E-state index contributed by atoms with van der Waals surface area (Å²) in [6.07, 6.45) is 1.17. The van der Waals surface area contributed by atoms with Gasteiger partial charge in [0.2, 0.25) is 0 Å². The van der Waals surface area contributed by atoms with Crippen molar-refractivity contribution in [3.8, 4) is 0 Å². The summed E-state index contributed by atoms with van der Waals surface area (Å²) in [6, 6.07) is 8.05. The molecule has 7 heteroatoms. The molecule has 1 aromatic heterocycles. The number of sulfonamides is 1. The van der Waals surface area contributed by atoms with Gasteiger partial charge in [-0.25, -0.2) is 0 Å². The molecule has 0 saturated carbocycles. The first-order chi connectivity index (χ1) is 8.50. The maximum atomic E-state index is 11.8. The summed E-state index contributed by atoms with van der Waals surface area (Å²) in [7, 11) is -3.68. The van der Waals surface area contributed by atoms with Crippen LogP contribution in [0.2, 0.25) is 10.0 Å². The molecule has 1 aromatic carbocycles. The Morgan fingerprint density at radius 1 is 1.11 bits per heavy atom. The number of hydrogen-bond acceptors (Lipinski definition) is 3. The molecule has 0 aliphatic rings. The normalized spacial score (nSPS) is 12.1. The quantitative estimate of drug-likeness (QED) is 0.806. The fraction of sp³-hybridized carbons (Fsp3) is 0. The van der Waals surface area contributed by atoms with E-state index in [1.165, 1.54) is 12.3 Å². The van der Waals surface area contributed by atoms with Crippen molar-refractivity contribution in [2.45, 2.75) is 4.21 Å². The number of benzene rings is 1. The third kappa shape index (κ3) is 2.92. The molecule has 0 amide bonds. The Morgan fingerprint density at radius 3 is 2.33 bits per heavy atom. The summed E-state index contributed by atoms with van der Waals surface area (Å²) in [6.45, 7) is 0. The van der Waals surface area contributed by atoms with Crippen LogP contribution in [0.4, 0.5) is 0 Å². The maximum absolute atomic E-state index is 11.8. The van der Waals surface area contributed by atoms with E-state index in [2.05, 4.69) is 4.40 Å². The molecule has 0 atom stereocenters. The van der Waals surface area contributed by atoms with E-state index in [1.807, 2.05) is 0 Å². The second kappa shape index (κ2) is 5.40. The van der Waals surface area contributed by atoms with Crippen molar-refractivity contribution in [3.05, 3.63) is 51.3 Å². The van der Waals surface area contributed by atoms with Crippen molar-refractivity contribution < 1.29 is 8.42 Å². The van der Waals surface area contributed by atoms with Crippen LogP contribution in [0.1, 0.15) is 5.56 Å². The lowest BCUT2D eigenvalue weighted by atomic mass is 10.2. The third-order valence-corrected chi connectivity index (χ3v) is 5.34. The van der Waals surface area contributed by atoms with Crippen molar-refractivity contribution in [1.82, 2.24) is 0 Å². The van der Waals surface area contributed by atoms with Gasteiger partial charge in [0.25, 0.3) is 10.0 Å². The average molecular weight is 320 g/mol. The van der Waals surface area contributed by atoms with Gasteiger partial charge in [0.15, 0.2) is 0 Å². The van der Waals surface area contributed by atoms with E-state index in [9.17, 15) is 8.42 Å². The molecule has 0 fully saturated rings. The zero-order chi connectivity index (χ0) is 13.2. The Balaban J connectivity index is 2.38. The smallest absolute Gasteiger partial charge is 0.198 e. The molecular weight excluding hydrogens is 313 g/mol. The molecule has 0 aliphatic carbocycles. The summed E-state index contributed by atoms with van der Waals surface area (Å²) < 4.78 is 27.4. The average Bonchev–Trinajstić information content (AvgIpc) is 2.82. The Labute approximate surface area is 119 Å². The van der Waals surface area contributed by atoms with E-state index in [-0.39, 0.29) is 4.21 Å². The summed E-state index contributed by atoms with van der Waals surface area (Å²) in [5, 5.41) is 2.38. The number of thiophene rings is 1. The molecule has 94 valence electrons. The molecule has 0 bridgehead atoms. The van der Waals surface area contributed by atoms with E-state index < -0.39 is 10.0 Å². The minimum Gasteiger partial charge on any atom is -0.198 e. The molecule has 0 spiro atoms. The van der Waals surface area contributed by atoms with Crippen LogP contribution >= 0.6 is 34.5 Å². The first-order valence-corrected chi connectivity index (χ1v) is 7.86. The number of nitrogens with zero attached hydrogens (tertiary/aromatic N) is 1. The molecule has 3 nitrogen and oxygen atoms in total. The number of rotatable bonds is 3. The van der Waals surface area contributed by atoms with Crippen molar-refractivity contribution in [1.29, 1.82) is 0 Å². The second-order valence-corrected chi connectivity index (χ2v) is 6.90. The van der Waals surface area contributed by atoms with Gasteiger partial charge in [-0.05, 0) is 23.6 Å². The van der Waals surface area contributed by atoms with E-state index in [1.54, 1.807) is 29.6 Å². The Morgan fingerprint density at radius 2 is 1.78 bits per heavy atom. The summed E-state index contributed by atoms with van der Waals surface area (Å²) in [5.41, 5.74) is 0.390. The standard InChI is InChI=1S/C11H7Cl2NO2S2/c12-9-3-1-4-10(13)8(9)7-14-18(15,16)11-5-2-6-17-11/h1-7H/b14-7-. The monoisotopic (exact) mass is 319 g/mol. The largest absolute Gasteiger partial charge is 0.291 e. The van der Waals surface area contributed by atoms with Gasteiger partial charge in [0.1, 0.15) is 4.21 Å². The van der Waals surface area contributed by atoms with Gasteiger partial charge in [0.05, 0.1) is 16.3 Å². The highest BCUT2D eigenvalue weighted by atomic mass is 35.5. The molecule has 1 heterocycles. The van der Waals surface area contributed by atoms with Crippen LogP contribution in [0, 0.1) is 0 Å². The first kappa shape index (κ1) is 13.5. The molecule has 0 saturated heterocycles. The van der Waals surface area contributed by atoms with Crippen molar-refractivity contribution in [2.75, 3.05) is 0 Å². The molecule has 18 heavy (non-hydrogen) atoms. The van der Waals surface area contributed by atoms with Gasteiger partial charge < -0.3 is 0 Å². The van der Waals surface area contributed by atoms with Crippen LogP contribution in [-0.4, -0.2) is 14.6 Å². The highest BCUT2D eigenvalue weighted by Crippen LogP contribution is 2.23. The molecule has 2 aromatic rings. The Hall–Kier alpha value is -0.880. The minimum absolute atomic E-state index is 0.182. The topological polar surface area (TPSA) is 46.5 Å². The van der Waals surface area contributed by atoms with Crippen molar-refractivity contribution in [3.63, 3.8) is 0 Å². The van der Waals surface area contributed by atoms with Crippen LogP contribution in [0.15, 0.2) is 44.3 Å². The summed E-state index contributed by atoms with van der Waals surface area (Å²) >= 11 is 12.9. The number of halogens is 2. The molecule has 0 aliphatic heterocycles. The van der Waals surface area contributed by atoms with Crippen molar-refractivity contribution >= 4 is 50.8 Å². The van der Waals surface area contributed by atoms with E-state index in [0.29, 0.717) is 15.6 Å². The second-order valence-electron chi connectivity index (χ2n) is 3.28. The SMILES string of the molecule is O=S(=O)(/N=C\c1c(Cl)cccc1Cl)c1cccs1. The van der Waals surface area contributed by atoms with Crippen LogP contribution < -0.4 is 0 Å². The van der Waals surface area contributed by atoms with Crippen LogP contribution in [-0.2, 0) is 10.0 Å². The first-order valence-electron chi connectivity index (χ1n) is 4.78. The van der Waals surface area contributed by atoms with Crippen LogP contribution in [0.25, 0.3) is 0 Å².